The molecule has 1 aromatic carbocycles. The fourth-order valence-corrected chi connectivity index (χ4v) is 3.37. The zero-order valence-corrected chi connectivity index (χ0v) is 17.5. The molecule has 0 saturated heterocycles. The van der Waals surface area contributed by atoms with Crippen LogP contribution < -0.4 is 10.1 Å². The number of H-pyrrole nitrogens is 1. The summed E-state index contributed by atoms with van der Waals surface area (Å²) < 4.78 is 10.5. The molecule has 1 unspecified atom stereocenters. The number of nitrogens with one attached hydrogen (secondary N) is 2. The molecule has 152 valence electrons. The second-order valence-electron chi connectivity index (χ2n) is 6.81. The number of hydrogen-bond donors (Lipinski definition) is 2. The van der Waals surface area contributed by atoms with Crippen LogP contribution in [0.3, 0.4) is 0 Å². The van der Waals surface area contributed by atoms with Gasteiger partial charge in [0.2, 0.25) is 0 Å². The van der Waals surface area contributed by atoms with E-state index < -0.39 is 12.1 Å². The van der Waals surface area contributed by atoms with Crippen LogP contribution in [-0.4, -0.2) is 35.1 Å². The maximum absolute atomic E-state index is 12.5. The monoisotopic (exact) mass is 413 g/mol. The first-order valence-electron chi connectivity index (χ1n) is 9.17. The lowest BCUT2D eigenvalue weighted by Crippen LogP contribution is -2.30. The molecule has 0 spiro atoms. The smallest absolute Gasteiger partial charge is 0.354 e. The minimum atomic E-state index is -0.678. The Kier molecular flexibility index (Phi) is 6.33. The van der Waals surface area contributed by atoms with Crippen molar-refractivity contribution in [2.75, 3.05) is 12.4 Å². The maximum Gasteiger partial charge on any atom is 0.354 e. The molecular weight excluding hydrogens is 390 g/mol. The highest BCUT2D eigenvalue weighted by atomic mass is 32.1. The molecule has 7 nitrogen and oxygen atoms in total. The van der Waals surface area contributed by atoms with Crippen LogP contribution >= 0.6 is 11.3 Å². The van der Waals surface area contributed by atoms with E-state index >= 15 is 0 Å². The Labute approximate surface area is 173 Å². The van der Waals surface area contributed by atoms with E-state index in [1.165, 1.54) is 18.4 Å². The molecule has 2 aromatic heterocycles. The van der Waals surface area contributed by atoms with Gasteiger partial charge in [0.1, 0.15) is 11.4 Å². The molecule has 0 radical (unpaired) electrons. The first kappa shape index (κ1) is 20.6. The first-order chi connectivity index (χ1) is 13.9. The molecule has 2 heterocycles. The molecule has 0 aliphatic carbocycles. The molecule has 2 N–H and O–H groups in total. The second kappa shape index (κ2) is 8.91. The van der Waals surface area contributed by atoms with Crippen LogP contribution in [-0.2, 0) is 9.53 Å². The van der Waals surface area contributed by atoms with Gasteiger partial charge in [0.15, 0.2) is 11.2 Å². The summed E-state index contributed by atoms with van der Waals surface area (Å²) in [7, 11) is 1.32. The molecule has 0 aliphatic rings. The number of nitrogens with zero attached hydrogens (tertiary/aromatic N) is 1. The minimum absolute atomic E-state index is 0.287. The van der Waals surface area contributed by atoms with Crippen molar-refractivity contribution in [1.82, 2.24) is 9.97 Å². The maximum atomic E-state index is 12.5. The van der Waals surface area contributed by atoms with E-state index in [2.05, 4.69) is 33.9 Å². The molecule has 0 bridgehead atoms. The lowest BCUT2D eigenvalue weighted by Gasteiger charge is -2.15. The summed E-state index contributed by atoms with van der Waals surface area (Å²) in [6.07, 6.45) is 0.989. The third-order valence-corrected chi connectivity index (χ3v) is 5.08. The third kappa shape index (κ3) is 5.03. The summed E-state index contributed by atoms with van der Waals surface area (Å²) in [5, 5.41) is 5.03. The molecule has 0 fully saturated rings. The Morgan fingerprint density at radius 1 is 1.21 bits per heavy atom. The van der Waals surface area contributed by atoms with Crippen molar-refractivity contribution < 1.29 is 19.1 Å². The van der Waals surface area contributed by atoms with Crippen LogP contribution in [0.4, 0.5) is 5.13 Å². The number of thiazole rings is 1. The van der Waals surface area contributed by atoms with Crippen LogP contribution in [0.5, 0.6) is 5.75 Å². The molecule has 3 rings (SSSR count). The van der Waals surface area contributed by atoms with Crippen LogP contribution in [0, 0.1) is 0 Å². The number of ether oxygens (including phenoxy) is 2. The van der Waals surface area contributed by atoms with Gasteiger partial charge in [0.25, 0.3) is 5.91 Å². The van der Waals surface area contributed by atoms with E-state index in [1.54, 1.807) is 24.6 Å². The summed E-state index contributed by atoms with van der Waals surface area (Å²) in [6.45, 7) is 5.91. The van der Waals surface area contributed by atoms with Gasteiger partial charge in [-0.25, -0.2) is 9.78 Å². The highest BCUT2D eigenvalue weighted by Gasteiger charge is 2.18. The number of hydrogen-bond acceptors (Lipinski definition) is 6. The van der Waals surface area contributed by atoms with Crippen LogP contribution in [0.1, 0.15) is 42.7 Å². The summed E-state index contributed by atoms with van der Waals surface area (Å²) in [5.41, 5.74) is 2.87. The van der Waals surface area contributed by atoms with E-state index in [0.29, 0.717) is 28.2 Å². The average Bonchev–Trinajstić information content (AvgIpc) is 3.37. The van der Waals surface area contributed by atoms with Crippen molar-refractivity contribution in [2.45, 2.75) is 32.8 Å². The van der Waals surface area contributed by atoms with Gasteiger partial charge in [-0.3, -0.25) is 10.1 Å². The number of methoxy groups -OCH3 is 1. The van der Waals surface area contributed by atoms with Gasteiger partial charge in [0, 0.05) is 17.1 Å². The molecule has 1 amide bonds. The number of rotatable bonds is 7. The van der Waals surface area contributed by atoms with Gasteiger partial charge in [-0.15, -0.1) is 11.3 Å². The Morgan fingerprint density at radius 3 is 2.72 bits per heavy atom. The van der Waals surface area contributed by atoms with E-state index in [1.807, 2.05) is 24.3 Å². The summed E-state index contributed by atoms with van der Waals surface area (Å²) >= 11 is 1.30. The van der Waals surface area contributed by atoms with Crippen LogP contribution in [0.2, 0.25) is 0 Å². The number of carbonyl (C=O) groups is 2. The number of aromatic amines is 1. The fourth-order valence-electron chi connectivity index (χ4n) is 2.65. The molecule has 1 atom stereocenters. The van der Waals surface area contributed by atoms with E-state index in [-0.39, 0.29) is 5.91 Å². The standard InChI is InChI=1S/C21H23N3O4S/c1-12(2)14-6-5-7-16(8-14)28-13(3)19(25)24-21-23-18(11-29-21)15-9-17(22-10-15)20(26)27-4/h5-13,22H,1-4H3,(H,23,24,25). The van der Waals surface area contributed by atoms with Gasteiger partial charge in [-0.2, -0.15) is 0 Å². The third-order valence-electron chi connectivity index (χ3n) is 4.33. The van der Waals surface area contributed by atoms with Crippen LogP contribution in [0.15, 0.2) is 41.9 Å². The van der Waals surface area contributed by atoms with Crippen molar-refractivity contribution in [3.63, 3.8) is 0 Å². The minimum Gasteiger partial charge on any atom is -0.481 e. The fraction of sp³-hybridized carbons (Fsp3) is 0.286. The van der Waals surface area contributed by atoms with Crippen molar-refractivity contribution in [3.05, 3.63) is 53.2 Å². The Bertz CT molecular complexity index is 1010. The van der Waals surface area contributed by atoms with Gasteiger partial charge in [-0.1, -0.05) is 26.0 Å². The van der Waals surface area contributed by atoms with Crippen molar-refractivity contribution in [2.24, 2.45) is 0 Å². The zero-order chi connectivity index (χ0) is 21.0. The summed E-state index contributed by atoms with van der Waals surface area (Å²) in [5.74, 6) is 0.295. The number of benzene rings is 1. The lowest BCUT2D eigenvalue weighted by molar-refractivity contribution is -0.122. The van der Waals surface area contributed by atoms with Crippen LogP contribution in [0.25, 0.3) is 11.3 Å². The Hall–Kier alpha value is -3.13. The van der Waals surface area contributed by atoms with Crippen molar-refractivity contribution in [1.29, 1.82) is 0 Å². The molecule has 3 aromatic rings. The second-order valence-corrected chi connectivity index (χ2v) is 7.67. The predicted octanol–water partition coefficient (Wildman–Crippen LogP) is 4.45. The predicted molar refractivity (Wildman–Crippen MR) is 112 cm³/mol. The highest BCUT2D eigenvalue weighted by Crippen LogP contribution is 2.26. The first-order valence-corrected chi connectivity index (χ1v) is 10.1. The lowest BCUT2D eigenvalue weighted by atomic mass is 10.0. The van der Waals surface area contributed by atoms with Crippen molar-refractivity contribution >= 4 is 28.3 Å². The van der Waals surface area contributed by atoms with E-state index in [9.17, 15) is 9.59 Å². The topological polar surface area (TPSA) is 93.3 Å². The molecule has 29 heavy (non-hydrogen) atoms. The average molecular weight is 413 g/mol. The number of amides is 1. The quantitative estimate of drug-likeness (QED) is 0.558. The van der Waals surface area contributed by atoms with Gasteiger partial charge < -0.3 is 14.5 Å². The summed E-state index contributed by atoms with van der Waals surface area (Å²) in [4.78, 5) is 31.3. The largest absolute Gasteiger partial charge is 0.481 e. The van der Waals surface area contributed by atoms with Gasteiger partial charge in [-0.05, 0) is 36.6 Å². The number of esters is 1. The highest BCUT2D eigenvalue weighted by molar-refractivity contribution is 7.14. The Balaban J connectivity index is 1.63. The molecule has 0 aliphatic heterocycles. The number of anilines is 1. The van der Waals surface area contributed by atoms with Crippen molar-refractivity contribution in [3.8, 4) is 17.0 Å². The SMILES string of the molecule is COC(=O)c1cc(-c2csc(NC(=O)C(C)Oc3cccc(C(C)C)c3)n2)c[nH]1. The normalized spacial score (nSPS) is 11.9. The van der Waals surface area contributed by atoms with Gasteiger partial charge in [0.05, 0.1) is 12.8 Å². The summed E-state index contributed by atoms with van der Waals surface area (Å²) in [6, 6.07) is 9.39. The van der Waals surface area contributed by atoms with E-state index in [4.69, 9.17) is 4.74 Å². The number of carbonyl (C=O) groups excluding carboxylic acids is 2. The molecular formula is C21H23N3O4S. The number of aromatic nitrogens is 2. The zero-order valence-electron chi connectivity index (χ0n) is 16.7. The van der Waals surface area contributed by atoms with E-state index in [0.717, 1.165) is 11.1 Å². The molecule has 0 saturated carbocycles. The Morgan fingerprint density at radius 2 is 2.00 bits per heavy atom. The van der Waals surface area contributed by atoms with Gasteiger partial charge >= 0.3 is 5.97 Å². The molecule has 8 heteroatoms.